The largest absolute Gasteiger partial charge is 0.357 e. The molecule has 0 aliphatic rings. The van der Waals surface area contributed by atoms with E-state index >= 15 is 0 Å². The zero-order valence-electron chi connectivity index (χ0n) is 15.4. The van der Waals surface area contributed by atoms with E-state index in [1.807, 2.05) is 0 Å². The first kappa shape index (κ1) is 19.5. The smallest absolute Gasteiger partial charge is 0.226 e. The first-order valence-electron chi connectivity index (χ1n) is 8.95. The molecule has 132 valence electrons. The van der Waals surface area contributed by atoms with Gasteiger partial charge >= 0.3 is 0 Å². The molecule has 0 aliphatic heterocycles. The van der Waals surface area contributed by atoms with E-state index in [1.165, 1.54) is 12.8 Å². The second-order valence-corrected chi connectivity index (χ2v) is 6.13. The second kappa shape index (κ2) is 11.0. The highest BCUT2D eigenvalue weighted by atomic mass is 16.5. The number of nitrogens with one attached hydrogen (secondary N) is 2. The average molecular weight is 323 g/mol. The lowest BCUT2D eigenvalue weighted by Gasteiger charge is -2.13. The summed E-state index contributed by atoms with van der Waals surface area (Å²) >= 11 is 0. The molecular weight excluding hydrogens is 290 g/mol. The van der Waals surface area contributed by atoms with Crippen molar-refractivity contribution in [2.45, 2.75) is 66.2 Å². The minimum atomic E-state index is 0.309. The Kier molecular flexibility index (Phi) is 9.33. The fourth-order valence-electron chi connectivity index (χ4n) is 2.16. The molecule has 0 saturated heterocycles. The fourth-order valence-corrected chi connectivity index (χ4v) is 2.16. The molecule has 0 unspecified atom stereocenters. The van der Waals surface area contributed by atoms with Crippen molar-refractivity contribution < 1.29 is 4.52 Å². The Morgan fingerprint density at radius 2 is 1.91 bits per heavy atom. The van der Waals surface area contributed by atoms with Gasteiger partial charge in [0.15, 0.2) is 11.8 Å². The lowest BCUT2D eigenvalue weighted by molar-refractivity contribution is 0.368. The third-order valence-corrected chi connectivity index (χ3v) is 3.87. The van der Waals surface area contributed by atoms with Crippen LogP contribution in [0.25, 0.3) is 0 Å². The van der Waals surface area contributed by atoms with Crippen LogP contribution in [0.1, 0.15) is 71.5 Å². The molecule has 1 rings (SSSR count). The molecule has 0 bridgehead atoms. The van der Waals surface area contributed by atoms with Gasteiger partial charge in [-0.05, 0) is 19.3 Å². The van der Waals surface area contributed by atoms with Gasteiger partial charge in [-0.1, -0.05) is 45.7 Å². The van der Waals surface area contributed by atoms with Crippen molar-refractivity contribution in [2.24, 2.45) is 10.9 Å². The Balaban J connectivity index is 2.35. The Labute approximate surface area is 140 Å². The SMILES string of the molecule is CCNC(=NCC(CC)CC)NCCCc1nc(C(C)C)no1. The number of rotatable bonds is 10. The van der Waals surface area contributed by atoms with Gasteiger partial charge in [-0.25, -0.2) is 0 Å². The van der Waals surface area contributed by atoms with Crippen LogP contribution in [-0.4, -0.2) is 35.7 Å². The molecule has 0 spiro atoms. The van der Waals surface area contributed by atoms with E-state index in [0.29, 0.717) is 11.8 Å². The molecule has 1 heterocycles. The normalized spacial score (nSPS) is 12.2. The minimum Gasteiger partial charge on any atom is -0.357 e. The van der Waals surface area contributed by atoms with Crippen LogP contribution >= 0.6 is 0 Å². The molecule has 0 amide bonds. The van der Waals surface area contributed by atoms with Gasteiger partial charge in [0.05, 0.1) is 0 Å². The minimum absolute atomic E-state index is 0.309. The number of hydrogen-bond acceptors (Lipinski definition) is 4. The molecule has 2 N–H and O–H groups in total. The molecule has 23 heavy (non-hydrogen) atoms. The molecule has 0 saturated carbocycles. The summed E-state index contributed by atoms with van der Waals surface area (Å²) in [5.41, 5.74) is 0. The van der Waals surface area contributed by atoms with Crippen molar-refractivity contribution >= 4 is 5.96 Å². The molecule has 6 heteroatoms. The summed E-state index contributed by atoms with van der Waals surface area (Å²) in [6.07, 6.45) is 4.08. The predicted molar refractivity (Wildman–Crippen MR) is 94.8 cm³/mol. The van der Waals surface area contributed by atoms with E-state index in [9.17, 15) is 0 Å². The summed E-state index contributed by atoms with van der Waals surface area (Å²) in [7, 11) is 0. The Bertz CT molecular complexity index is 452. The van der Waals surface area contributed by atoms with Crippen LogP contribution in [0.15, 0.2) is 9.52 Å². The van der Waals surface area contributed by atoms with E-state index < -0.39 is 0 Å². The van der Waals surface area contributed by atoms with Crippen LogP contribution in [-0.2, 0) is 6.42 Å². The van der Waals surface area contributed by atoms with E-state index in [2.05, 4.69) is 60.4 Å². The van der Waals surface area contributed by atoms with Crippen molar-refractivity contribution in [1.29, 1.82) is 0 Å². The Hall–Kier alpha value is -1.59. The van der Waals surface area contributed by atoms with Gasteiger partial charge in [-0.15, -0.1) is 0 Å². The first-order chi connectivity index (χ1) is 11.1. The van der Waals surface area contributed by atoms with Gasteiger partial charge in [0.25, 0.3) is 0 Å². The second-order valence-electron chi connectivity index (χ2n) is 6.13. The van der Waals surface area contributed by atoms with Crippen LogP contribution in [0, 0.1) is 5.92 Å². The summed E-state index contributed by atoms with van der Waals surface area (Å²) in [5, 5.41) is 10.6. The predicted octanol–water partition coefficient (Wildman–Crippen LogP) is 3.12. The topological polar surface area (TPSA) is 75.3 Å². The summed E-state index contributed by atoms with van der Waals surface area (Å²) in [4.78, 5) is 9.06. The van der Waals surface area contributed by atoms with Crippen molar-refractivity contribution in [1.82, 2.24) is 20.8 Å². The average Bonchev–Trinajstić information content (AvgIpc) is 3.01. The molecule has 0 atom stereocenters. The number of hydrogen-bond donors (Lipinski definition) is 2. The van der Waals surface area contributed by atoms with Crippen molar-refractivity contribution in [2.75, 3.05) is 19.6 Å². The lowest BCUT2D eigenvalue weighted by Crippen LogP contribution is -2.38. The molecule has 1 aromatic heterocycles. The maximum absolute atomic E-state index is 5.25. The third kappa shape index (κ3) is 7.48. The quantitative estimate of drug-likeness (QED) is 0.393. The lowest BCUT2D eigenvalue weighted by atomic mass is 10.0. The molecular formula is C17H33N5O. The van der Waals surface area contributed by atoms with E-state index in [4.69, 9.17) is 4.52 Å². The van der Waals surface area contributed by atoms with Crippen LogP contribution < -0.4 is 10.6 Å². The maximum atomic E-state index is 5.25. The van der Waals surface area contributed by atoms with Crippen LogP contribution in [0.2, 0.25) is 0 Å². The van der Waals surface area contributed by atoms with E-state index in [-0.39, 0.29) is 0 Å². The first-order valence-corrected chi connectivity index (χ1v) is 8.95. The van der Waals surface area contributed by atoms with Crippen LogP contribution in [0.4, 0.5) is 0 Å². The van der Waals surface area contributed by atoms with Crippen molar-refractivity contribution in [3.05, 3.63) is 11.7 Å². The number of guanidine groups is 1. The molecule has 0 fully saturated rings. The number of aryl methyl sites for hydroxylation is 1. The van der Waals surface area contributed by atoms with Crippen molar-refractivity contribution in [3.8, 4) is 0 Å². The number of aromatic nitrogens is 2. The fraction of sp³-hybridized carbons (Fsp3) is 0.824. The van der Waals surface area contributed by atoms with Gasteiger partial charge in [-0.2, -0.15) is 4.98 Å². The zero-order chi connectivity index (χ0) is 17.1. The summed E-state index contributed by atoms with van der Waals surface area (Å²) < 4.78 is 5.25. The summed E-state index contributed by atoms with van der Waals surface area (Å²) in [5.74, 6) is 3.37. The number of aliphatic imine (C=N–C) groups is 1. The zero-order valence-corrected chi connectivity index (χ0v) is 15.4. The maximum Gasteiger partial charge on any atom is 0.226 e. The Morgan fingerprint density at radius 3 is 2.48 bits per heavy atom. The Morgan fingerprint density at radius 1 is 1.17 bits per heavy atom. The monoisotopic (exact) mass is 323 g/mol. The van der Waals surface area contributed by atoms with Gasteiger partial charge in [-0.3, -0.25) is 4.99 Å². The molecule has 0 radical (unpaired) electrons. The highest BCUT2D eigenvalue weighted by Crippen LogP contribution is 2.10. The van der Waals surface area contributed by atoms with Gasteiger partial charge in [0, 0.05) is 32.0 Å². The van der Waals surface area contributed by atoms with Crippen LogP contribution in [0.5, 0.6) is 0 Å². The highest BCUT2D eigenvalue weighted by molar-refractivity contribution is 5.79. The summed E-state index contributed by atoms with van der Waals surface area (Å²) in [6.45, 7) is 13.2. The summed E-state index contributed by atoms with van der Waals surface area (Å²) in [6, 6.07) is 0. The molecule has 0 aromatic carbocycles. The third-order valence-electron chi connectivity index (χ3n) is 3.87. The highest BCUT2D eigenvalue weighted by Gasteiger charge is 2.09. The molecule has 1 aromatic rings. The number of nitrogens with zero attached hydrogens (tertiary/aromatic N) is 3. The van der Waals surface area contributed by atoms with Crippen LogP contribution in [0.3, 0.4) is 0 Å². The van der Waals surface area contributed by atoms with Gasteiger partial charge < -0.3 is 15.2 Å². The van der Waals surface area contributed by atoms with E-state index in [0.717, 1.165) is 50.2 Å². The van der Waals surface area contributed by atoms with Gasteiger partial charge in [0.1, 0.15) is 0 Å². The molecule has 0 aliphatic carbocycles. The standard InChI is InChI=1S/C17H33N5O/c1-6-14(7-2)12-20-17(18-8-3)19-11-9-10-15-21-16(13(4)5)22-23-15/h13-14H,6-12H2,1-5H3,(H2,18,19,20). The van der Waals surface area contributed by atoms with Gasteiger partial charge in [0.2, 0.25) is 5.89 Å². The van der Waals surface area contributed by atoms with Crippen molar-refractivity contribution in [3.63, 3.8) is 0 Å². The molecule has 6 nitrogen and oxygen atoms in total. The van der Waals surface area contributed by atoms with E-state index in [1.54, 1.807) is 0 Å².